The van der Waals surface area contributed by atoms with Crippen molar-refractivity contribution in [3.05, 3.63) is 77.1 Å². The quantitative estimate of drug-likeness (QED) is 0.635. The molecule has 0 radical (unpaired) electrons. The number of unbranched alkanes of at least 4 members (excludes halogenated alkanes) is 1. The van der Waals surface area contributed by atoms with Crippen molar-refractivity contribution < 1.29 is 4.79 Å². The molecule has 0 amide bonds. The van der Waals surface area contributed by atoms with Crippen molar-refractivity contribution in [1.82, 2.24) is 4.98 Å². The van der Waals surface area contributed by atoms with E-state index in [4.69, 9.17) is 5.26 Å². The van der Waals surface area contributed by atoms with Crippen molar-refractivity contribution in [2.75, 3.05) is 0 Å². The second kappa shape index (κ2) is 6.67. The molecule has 4 nitrogen and oxygen atoms in total. The molecule has 1 heterocycles. The largest absolute Gasteiger partial charge is 0.293 e. The summed E-state index contributed by atoms with van der Waals surface area (Å²) in [5.74, 6) is 0.000557. The maximum Gasteiger partial charge on any atom is 0.175 e. The van der Waals surface area contributed by atoms with Crippen molar-refractivity contribution in [3.8, 4) is 12.1 Å². The third-order valence-corrected chi connectivity index (χ3v) is 5.49. The van der Waals surface area contributed by atoms with Crippen molar-refractivity contribution >= 4 is 16.6 Å². The lowest BCUT2D eigenvalue weighted by atomic mass is 9.71. The number of carbonyl (C=O) groups excluding carboxylic acids is 1. The van der Waals surface area contributed by atoms with Gasteiger partial charge in [-0.05, 0) is 59.4 Å². The van der Waals surface area contributed by atoms with Gasteiger partial charge in [-0.2, -0.15) is 10.5 Å². The minimum Gasteiger partial charge on any atom is -0.293 e. The van der Waals surface area contributed by atoms with E-state index in [1.54, 1.807) is 18.5 Å². The van der Waals surface area contributed by atoms with Crippen LogP contribution in [0.5, 0.6) is 0 Å². The summed E-state index contributed by atoms with van der Waals surface area (Å²) < 4.78 is 0. The Balaban J connectivity index is 1.94. The summed E-state index contributed by atoms with van der Waals surface area (Å²) >= 11 is 0. The highest BCUT2D eigenvalue weighted by Crippen LogP contribution is 2.48. The van der Waals surface area contributed by atoms with Gasteiger partial charge in [0.05, 0.1) is 23.1 Å². The van der Waals surface area contributed by atoms with Gasteiger partial charge >= 0.3 is 0 Å². The molecule has 0 saturated heterocycles. The van der Waals surface area contributed by atoms with Crippen molar-refractivity contribution in [2.45, 2.75) is 31.1 Å². The molecule has 1 aliphatic carbocycles. The lowest BCUT2D eigenvalue weighted by Crippen LogP contribution is -2.35. The summed E-state index contributed by atoms with van der Waals surface area (Å²) in [6.07, 6.45) is 5.62. The molecule has 1 atom stereocenters. The molecule has 130 valence electrons. The van der Waals surface area contributed by atoms with E-state index in [1.807, 2.05) is 36.4 Å². The average Bonchev–Trinajstić information content (AvgIpc) is 2.94. The first-order valence-corrected chi connectivity index (χ1v) is 8.98. The fourth-order valence-corrected chi connectivity index (χ4v) is 4.30. The first-order chi connectivity index (χ1) is 13.2. The summed E-state index contributed by atoms with van der Waals surface area (Å²) in [5, 5.41) is 20.4. The Hall–Kier alpha value is -3.50. The number of aromatic nitrogens is 1. The molecule has 1 aromatic heterocycles. The highest BCUT2D eigenvalue weighted by Gasteiger charge is 2.47. The molecule has 0 bridgehead atoms. The van der Waals surface area contributed by atoms with E-state index in [0.717, 1.165) is 21.9 Å². The van der Waals surface area contributed by atoms with E-state index in [2.05, 4.69) is 17.1 Å². The molecular formula is C23H17N3O. The number of hydrogen-bond acceptors (Lipinski definition) is 4. The Labute approximate surface area is 157 Å². The van der Waals surface area contributed by atoms with Gasteiger partial charge in [-0.25, -0.2) is 0 Å². The van der Waals surface area contributed by atoms with Gasteiger partial charge in [-0.1, -0.05) is 24.3 Å². The van der Waals surface area contributed by atoms with Gasteiger partial charge < -0.3 is 0 Å². The summed E-state index contributed by atoms with van der Waals surface area (Å²) in [6.45, 7) is 0. The number of carbonyl (C=O) groups is 1. The maximum atomic E-state index is 13.7. The number of ketones is 1. The molecule has 0 N–H and O–H groups in total. The molecule has 2 aromatic carbocycles. The summed E-state index contributed by atoms with van der Waals surface area (Å²) in [4.78, 5) is 17.8. The number of pyridine rings is 1. The Morgan fingerprint density at radius 3 is 2.59 bits per heavy atom. The third kappa shape index (κ3) is 2.58. The number of nitriles is 2. The van der Waals surface area contributed by atoms with Crippen LogP contribution >= 0.6 is 0 Å². The number of hydrogen-bond donors (Lipinski definition) is 0. The number of nitrogens with zero attached hydrogens (tertiary/aromatic N) is 3. The van der Waals surface area contributed by atoms with Gasteiger partial charge in [0, 0.05) is 24.4 Å². The molecule has 0 aliphatic heterocycles. The number of Topliss-reactive ketones (excluding diaryl/α,β-unsaturated/α-hetero) is 1. The second-order valence-corrected chi connectivity index (χ2v) is 6.96. The summed E-state index contributed by atoms with van der Waals surface area (Å²) in [6, 6.07) is 17.8. The molecule has 0 saturated carbocycles. The first kappa shape index (κ1) is 16.9. The van der Waals surface area contributed by atoms with Crippen LogP contribution in [0.15, 0.2) is 54.9 Å². The van der Waals surface area contributed by atoms with Crippen LogP contribution in [0.2, 0.25) is 0 Å². The minimum absolute atomic E-state index is 0.000557. The Bertz CT molecular complexity index is 1120. The van der Waals surface area contributed by atoms with Crippen LogP contribution in [0, 0.1) is 22.7 Å². The molecule has 3 aromatic rings. The topological polar surface area (TPSA) is 77.5 Å². The molecule has 27 heavy (non-hydrogen) atoms. The van der Waals surface area contributed by atoms with Crippen LogP contribution in [0.4, 0.5) is 0 Å². The third-order valence-electron chi connectivity index (χ3n) is 5.49. The maximum absolute atomic E-state index is 13.7. The lowest BCUT2D eigenvalue weighted by Gasteiger charge is -2.29. The van der Waals surface area contributed by atoms with Crippen LogP contribution in [-0.4, -0.2) is 10.8 Å². The highest BCUT2D eigenvalue weighted by molar-refractivity contribution is 6.21. The van der Waals surface area contributed by atoms with Gasteiger partial charge in [-0.3, -0.25) is 9.78 Å². The molecule has 0 fully saturated rings. The van der Waals surface area contributed by atoms with Crippen LogP contribution in [0.25, 0.3) is 10.8 Å². The molecule has 4 heteroatoms. The van der Waals surface area contributed by atoms with E-state index < -0.39 is 5.41 Å². The second-order valence-electron chi connectivity index (χ2n) is 6.96. The average molecular weight is 351 g/mol. The van der Waals surface area contributed by atoms with Crippen molar-refractivity contribution in [2.24, 2.45) is 0 Å². The lowest BCUT2D eigenvalue weighted by molar-refractivity contribution is 0.0882. The fourth-order valence-electron chi connectivity index (χ4n) is 4.30. The standard InChI is InChI=1S/C23H17N3O/c24-11-2-1-10-23(14-16-8-12-26-13-9-16)19-5-3-4-17-6-7-18(15-25)21(20(17)19)22(23)27/h3-9,12-13H,1-2,10,14H2. The van der Waals surface area contributed by atoms with E-state index in [0.29, 0.717) is 36.8 Å². The summed E-state index contributed by atoms with van der Waals surface area (Å²) in [5.41, 5.74) is 2.23. The van der Waals surface area contributed by atoms with Gasteiger partial charge in [0.25, 0.3) is 0 Å². The van der Waals surface area contributed by atoms with E-state index in [-0.39, 0.29) is 5.78 Å². The monoisotopic (exact) mass is 351 g/mol. The number of benzene rings is 2. The van der Waals surface area contributed by atoms with Crippen LogP contribution in [0.3, 0.4) is 0 Å². The zero-order valence-electron chi connectivity index (χ0n) is 14.8. The number of rotatable bonds is 5. The van der Waals surface area contributed by atoms with E-state index in [1.165, 1.54) is 0 Å². The zero-order valence-corrected chi connectivity index (χ0v) is 14.8. The van der Waals surface area contributed by atoms with Gasteiger partial charge in [-0.15, -0.1) is 0 Å². The van der Waals surface area contributed by atoms with E-state index in [9.17, 15) is 10.1 Å². The molecule has 1 aliphatic rings. The molecular weight excluding hydrogens is 334 g/mol. The minimum atomic E-state index is -0.743. The predicted octanol–water partition coefficient (Wildman–Crippen LogP) is 4.48. The van der Waals surface area contributed by atoms with Gasteiger partial charge in [0.1, 0.15) is 0 Å². The normalized spacial score (nSPS) is 17.6. The highest BCUT2D eigenvalue weighted by atomic mass is 16.1. The van der Waals surface area contributed by atoms with Crippen LogP contribution in [0.1, 0.15) is 46.3 Å². The molecule has 1 unspecified atom stereocenters. The van der Waals surface area contributed by atoms with Crippen molar-refractivity contribution in [3.63, 3.8) is 0 Å². The summed E-state index contributed by atoms with van der Waals surface area (Å²) in [7, 11) is 0. The van der Waals surface area contributed by atoms with Crippen LogP contribution < -0.4 is 0 Å². The molecule has 4 rings (SSSR count). The molecule has 0 spiro atoms. The fraction of sp³-hybridized carbons (Fsp3) is 0.217. The van der Waals surface area contributed by atoms with Crippen molar-refractivity contribution in [1.29, 1.82) is 10.5 Å². The van der Waals surface area contributed by atoms with Gasteiger partial charge in [0.2, 0.25) is 0 Å². The SMILES string of the molecule is N#CCCCC1(Cc2ccncc2)C(=O)c2c(C#N)ccc3cccc1c23. The smallest absolute Gasteiger partial charge is 0.175 e. The first-order valence-electron chi connectivity index (χ1n) is 8.98. The Morgan fingerprint density at radius 2 is 1.85 bits per heavy atom. The Kier molecular flexibility index (Phi) is 4.18. The van der Waals surface area contributed by atoms with Crippen LogP contribution in [-0.2, 0) is 11.8 Å². The Morgan fingerprint density at radius 1 is 1.04 bits per heavy atom. The predicted molar refractivity (Wildman–Crippen MR) is 102 cm³/mol. The zero-order chi connectivity index (χ0) is 18.9. The van der Waals surface area contributed by atoms with Gasteiger partial charge in [0.15, 0.2) is 5.78 Å². The van der Waals surface area contributed by atoms with E-state index >= 15 is 0 Å².